The van der Waals surface area contributed by atoms with Crippen LogP contribution in [-0.4, -0.2) is 29.4 Å². The van der Waals surface area contributed by atoms with Gasteiger partial charge in [0.15, 0.2) is 0 Å². The Hall–Kier alpha value is -0.870. The molecule has 1 aromatic carbocycles. The summed E-state index contributed by atoms with van der Waals surface area (Å²) in [5.74, 6) is 0.0750. The summed E-state index contributed by atoms with van der Waals surface area (Å²) in [7, 11) is 0. The zero-order valence-corrected chi connectivity index (χ0v) is 12.2. The predicted octanol–water partition coefficient (Wildman–Crippen LogP) is 2.95. The summed E-state index contributed by atoms with van der Waals surface area (Å²) in [6.45, 7) is 6.43. The SMILES string of the molecule is CC1CN(c2ccc(Cl)cc2C(=N)N)CC(C)S1. The molecule has 0 saturated carbocycles. The smallest absolute Gasteiger partial charge is 0.124 e. The zero-order chi connectivity index (χ0) is 13.3. The number of thioether (sulfide) groups is 1. The molecule has 0 amide bonds. The van der Waals surface area contributed by atoms with Crippen LogP contribution in [0.3, 0.4) is 0 Å². The minimum atomic E-state index is 0.0750. The fourth-order valence-corrected chi connectivity index (χ4v) is 3.87. The van der Waals surface area contributed by atoms with Crippen LogP contribution >= 0.6 is 23.4 Å². The quantitative estimate of drug-likeness (QED) is 0.648. The molecule has 18 heavy (non-hydrogen) atoms. The molecule has 1 fully saturated rings. The number of nitrogens with one attached hydrogen (secondary N) is 1. The molecule has 1 saturated heterocycles. The van der Waals surface area contributed by atoms with Crippen LogP contribution in [0.1, 0.15) is 19.4 Å². The van der Waals surface area contributed by atoms with E-state index in [2.05, 4.69) is 18.7 Å². The molecule has 1 aliphatic rings. The van der Waals surface area contributed by atoms with Crippen LogP contribution in [0.5, 0.6) is 0 Å². The van der Waals surface area contributed by atoms with Crippen molar-refractivity contribution in [3.05, 3.63) is 28.8 Å². The van der Waals surface area contributed by atoms with Crippen molar-refractivity contribution in [2.45, 2.75) is 24.3 Å². The molecule has 0 aromatic heterocycles. The van der Waals surface area contributed by atoms with Gasteiger partial charge in [-0.15, -0.1) is 0 Å². The molecule has 0 bridgehead atoms. The van der Waals surface area contributed by atoms with Crippen LogP contribution in [0.25, 0.3) is 0 Å². The van der Waals surface area contributed by atoms with Crippen molar-refractivity contribution >= 4 is 34.9 Å². The van der Waals surface area contributed by atoms with Gasteiger partial charge in [-0.3, -0.25) is 5.41 Å². The molecule has 1 aliphatic heterocycles. The lowest BCUT2D eigenvalue weighted by molar-refractivity contribution is 0.728. The van der Waals surface area contributed by atoms with Gasteiger partial charge < -0.3 is 10.6 Å². The van der Waals surface area contributed by atoms with E-state index in [0.717, 1.165) is 24.3 Å². The van der Waals surface area contributed by atoms with Gasteiger partial charge in [0.05, 0.1) is 0 Å². The average molecular weight is 284 g/mol. The minimum Gasteiger partial charge on any atom is -0.384 e. The second-order valence-electron chi connectivity index (χ2n) is 4.74. The van der Waals surface area contributed by atoms with Gasteiger partial charge in [-0.25, -0.2) is 0 Å². The molecule has 2 atom stereocenters. The topological polar surface area (TPSA) is 53.1 Å². The normalized spacial score (nSPS) is 24.1. The molecule has 5 heteroatoms. The molecule has 3 N–H and O–H groups in total. The van der Waals surface area contributed by atoms with Crippen LogP contribution in [0.15, 0.2) is 18.2 Å². The first-order valence-corrected chi connectivity index (χ1v) is 7.34. The van der Waals surface area contributed by atoms with Crippen molar-refractivity contribution in [3.8, 4) is 0 Å². The first-order chi connectivity index (χ1) is 8.47. The van der Waals surface area contributed by atoms with Gasteiger partial charge in [-0.05, 0) is 18.2 Å². The van der Waals surface area contributed by atoms with E-state index >= 15 is 0 Å². The van der Waals surface area contributed by atoms with Crippen molar-refractivity contribution in [1.82, 2.24) is 0 Å². The summed E-state index contributed by atoms with van der Waals surface area (Å²) < 4.78 is 0. The van der Waals surface area contributed by atoms with E-state index in [-0.39, 0.29) is 5.84 Å². The van der Waals surface area contributed by atoms with Crippen LogP contribution in [-0.2, 0) is 0 Å². The molecule has 0 aliphatic carbocycles. The molecule has 0 spiro atoms. The number of anilines is 1. The van der Waals surface area contributed by atoms with E-state index in [4.69, 9.17) is 22.7 Å². The second-order valence-corrected chi connectivity index (χ2v) is 7.06. The number of hydrogen-bond donors (Lipinski definition) is 2. The predicted molar refractivity (Wildman–Crippen MR) is 81.2 cm³/mol. The largest absolute Gasteiger partial charge is 0.384 e. The standard InChI is InChI=1S/C13H18ClN3S/c1-8-6-17(7-9(2)18-8)12-4-3-10(14)5-11(12)13(15)16/h3-5,8-9H,6-7H2,1-2H3,(H3,15,16). The van der Waals surface area contributed by atoms with Gasteiger partial charge in [0.2, 0.25) is 0 Å². The van der Waals surface area contributed by atoms with E-state index in [1.807, 2.05) is 23.9 Å². The fraction of sp³-hybridized carbons (Fsp3) is 0.462. The molecule has 2 unspecified atom stereocenters. The van der Waals surface area contributed by atoms with Gasteiger partial charge in [-0.2, -0.15) is 11.8 Å². The van der Waals surface area contributed by atoms with Crippen molar-refractivity contribution < 1.29 is 0 Å². The summed E-state index contributed by atoms with van der Waals surface area (Å²) in [5.41, 5.74) is 7.40. The number of nitrogens with two attached hydrogens (primary N) is 1. The van der Waals surface area contributed by atoms with Crippen LogP contribution in [0.2, 0.25) is 5.02 Å². The van der Waals surface area contributed by atoms with Crippen LogP contribution in [0, 0.1) is 5.41 Å². The van der Waals surface area contributed by atoms with E-state index in [1.54, 1.807) is 6.07 Å². The molecule has 1 heterocycles. The highest BCUT2D eigenvalue weighted by Crippen LogP contribution is 2.31. The number of nitrogen functional groups attached to an aromatic ring is 1. The van der Waals surface area contributed by atoms with Crippen molar-refractivity contribution in [2.24, 2.45) is 5.73 Å². The lowest BCUT2D eigenvalue weighted by Gasteiger charge is -2.37. The Morgan fingerprint density at radius 3 is 2.56 bits per heavy atom. The third-order valence-electron chi connectivity index (χ3n) is 3.01. The Kier molecular flexibility index (Phi) is 4.07. The molecule has 98 valence electrons. The average Bonchev–Trinajstić information content (AvgIpc) is 2.27. The molecule has 2 rings (SSSR count). The number of rotatable bonds is 2. The van der Waals surface area contributed by atoms with Gasteiger partial charge in [0.1, 0.15) is 5.84 Å². The first kappa shape index (κ1) is 13.6. The van der Waals surface area contributed by atoms with Gasteiger partial charge in [0.25, 0.3) is 0 Å². The van der Waals surface area contributed by atoms with E-state index in [9.17, 15) is 0 Å². The Labute approximate surface area is 117 Å². The lowest BCUT2D eigenvalue weighted by Crippen LogP contribution is -2.41. The molecule has 0 radical (unpaired) electrons. The number of hydrogen-bond acceptors (Lipinski definition) is 3. The lowest BCUT2D eigenvalue weighted by atomic mass is 10.1. The van der Waals surface area contributed by atoms with Crippen molar-refractivity contribution in [2.75, 3.05) is 18.0 Å². The monoisotopic (exact) mass is 283 g/mol. The maximum atomic E-state index is 7.68. The molecule has 1 aromatic rings. The number of nitrogens with zero attached hydrogens (tertiary/aromatic N) is 1. The highest BCUT2D eigenvalue weighted by atomic mass is 35.5. The number of halogens is 1. The maximum absolute atomic E-state index is 7.68. The summed E-state index contributed by atoms with van der Waals surface area (Å²) in [6.07, 6.45) is 0. The highest BCUT2D eigenvalue weighted by Gasteiger charge is 2.24. The van der Waals surface area contributed by atoms with Crippen molar-refractivity contribution in [1.29, 1.82) is 5.41 Å². The zero-order valence-electron chi connectivity index (χ0n) is 10.6. The maximum Gasteiger partial charge on any atom is 0.124 e. The Balaban J connectivity index is 2.35. The Morgan fingerprint density at radius 2 is 2.00 bits per heavy atom. The second kappa shape index (κ2) is 5.41. The van der Waals surface area contributed by atoms with Crippen LogP contribution in [0.4, 0.5) is 5.69 Å². The van der Waals surface area contributed by atoms with E-state index < -0.39 is 0 Å². The van der Waals surface area contributed by atoms with Crippen molar-refractivity contribution in [3.63, 3.8) is 0 Å². The summed E-state index contributed by atoms with van der Waals surface area (Å²) in [6, 6.07) is 5.60. The molecular weight excluding hydrogens is 266 g/mol. The molecular formula is C13H18ClN3S. The summed E-state index contributed by atoms with van der Waals surface area (Å²) >= 11 is 7.99. The third-order valence-corrected chi connectivity index (χ3v) is 4.47. The van der Waals surface area contributed by atoms with E-state index in [0.29, 0.717) is 15.5 Å². The fourth-order valence-electron chi connectivity index (χ4n) is 2.37. The van der Waals surface area contributed by atoms with Gasteiger partial charge >= 0.3 is 0 Å². The number of benzene rings is 1. The van der Waals surface area contributed by atoms with Crippen LogP contribution < -0.4 is 10.6 Å². The number of amidine groups is 1. The van der Waals surface area contributed by atoms with Gasteiger partial charge in [0, 0.05) is 39.9 Å². The molecule has 3 nitrogen and oxygen atoms in total. The Bertz CT molecular complexity index is 454. The third kappa shape index (κ3) is 2.93. The highest BCUT2D eigenvalue weighted by molar-refractivity contribution is 8.00. The Morgan fingerprint density at radius 1 is 1.39 bits per heavy atom. The van der Waals surface area contributed by atoms with Gasteiger partial charge in [-0.1, -0.05) is 25.4 Å². The summed E-state index contributed by atoms with van der Waals surface area (Å²) in [5, 5.41) is 9.48. The minimum absolute atomic E-state index is 0.0750. The summed E-state index contributed by atoms with van der Waals surface area (Å²) in [4.78, 5) is 2.30. The first-order valence-electron chi connectivity index (χ1n) is 6.01. The van der Waals surface area contributed by atoms with E-state index in [1.165, 1.54) is 0 Å².